The molecule has 204 valence electrons. The lowest BCUT2D eigenvalue weighted by Crippen LogP contribution is -2.27. The van der Waals surface area contributed by atoms with E-state index in [4.69, 9.17) is 13.9 Å². The fourth-order valence-electron chi connectivity index (χ4n) is 4.96. The van der Waals surface area contributed by atoms with Gasteiger partial charge in [-0.05, 0) is 95.0 Å². The number of hydrogen-bond acceptors (Lipinski definition) is 6. The van der Waals surface area contributed by atoms with Crippen LogP contribution in [0.3, 0.4) is 0 Å². The molecule has 6 nitrogen and oxygen atoms in total. The lowest BCUT2D eigenvalue weighted by molar-refractivity contribution is 0.234. The zero-order chi connectivity index (χ0) is 26.5. The van der Waals surface area contributed by atoms with Gasteiger partial charge in [0, 0.05) is 29.9 Å². The number of ether oxygens (including phenoxy) is 2. The van der Waals surface area contributed by atoms with Crippen molar-refractivity contribution >= 4 is 21.7 Å². The van der Waals surface area contributed by atoms with Gasteiger partial charge in [0.1, 0.15) is 17.1 Å². The van der Waals surface area contributed by atoms with E-state index in [1.165, 1.54) is 25.7 Å². The number of nitrogens with zero attached hydrogens (tertiary/aromatic N) is 2. The van der Waals surface area contributed by atoms with Crippen molar-refractivity contribution in [3.05, 3.63) is 46.8 Å². The summed E-state index contributed by atoms with van der Waals surface area (Å²) in [6.07, 6.45) is 6.60. The van der Waals surface area contributed by atoms with Crippen LogP contribution in [0.5, 0.6) is 11.5 Å². The van der Waals surface area contributed by atoms with Gasteiger partial charge >= 0.3 is 5.63 Å². The molecule has 0 aliphatic heterocycles. The zero-order valence-corrected chi connectivity index (χ0v) is 23.4. The molecule has 0 aliphatic carbocycles. The topological polar surface area (TPSA) is 55.1 Å². The van der Waals surface area contributed by atoms with Gasteiger partial charge in [0.25, 0.3) is 0 Å². The Labute approximate surface area is 222 Å². The van der Waals surface area contributed by atoms with Crippen LogP contribution in [-0.4, -0.2) is 62.3 Å². The highest BCUT2D eigenvalue weighted by atomic mass is 16.5. The minimum Gasteiger partial charge on any atom is -0.494 e. The Kier molecular flexibility index (Phi) is 12.2. The Morgan fingerprint density at radius 1 is 0.622 bits per heavy atom. The first-order valence-corrected chi connectivity index (χ1v) is 14.3. The van der Waals surface area contributed by atoms with E-state index in [1.807, 2.05) is 30.3 Å². The molecule has 37 heavy (non-hydrogen) atoms. The van der Waals surface area contributed by atoms with Crippen molar-refractivity contribution in [2.45, 2.75) is 66.2 Å². The Bertz CT molecular complexity index is 1130. The van der Waals surface area contributed by atoms with E-state index < -0.39 is 0 Å². The standard InChI is InChI=1S/C31H46N2O4/c1-5-15-32(16-6-2)19-9-21-35-25-11-13-27-28-14-12-26(24-30(28)37-31(34)29(27)23-25)36-22-10-20-33(17-7-3)18-8-4/h11-14,23-24H,5-10,15-22H2,1-4H3. The van der Waals surface area contributed by atoms with Crippen molar-refractivity contribution < 1.29 is 13.9 Å². The third-order valence-corrected chi connectivity index (χ3v) is 6.59. The second-order valence-corrected chi connectivity index (χ2v) is 9.84. The lowest BCUT2D eigenvalue weighted by Gasteiger charge is -2.20. The van der Waals surface area contributed by atoms with Crippen LogP contribution in [-0.2, 0) is 0 Å². The fraction of sp³-hybridized carbons (Fsp3) is 0.581. The summed E-state index contributed by atoms with van der Waals surface area (Å²) in [6, 6.07) is 11.5. The number of benzene rings is 2. The van der Waals surface area contributed by atoms with Crippen LogP contribution in [0.15, 0.2) is 45.6 Å². The minimum atomic E-state index is -0.350. The Morgan fingerprint density at radius 2 is 1.11 bits per heavy atom. The number of rotatable bonds is 18. The van der Waals surface area contributed by atoms with Gasteiger partial charge in [-0.2, -0.15) is 0 Å². The van der Waals surface area contributed by atoms with Gasteiger partial charge in [0.15, 0.2) is 0 Å². The molecule has 0 aliphatic rings. The van der Waals surface area contributed by atoms with Gasteiger partial charge in [-0.3, -0.25) is 0 Å². The monoisotopic (exact) mass is 510 g/mol. The molecular weight excluding hydrogens is 464 g/mol. The van der Waals surface area contributed by atoms with Gasteiger partial charge in [0.2, 0.25) is 0 Å². The van der Waals surface area contributed by atoms with Crippen LogP contribution in [0.4, 0.5) is 0 Å². The maximum absolute atomic E-state index is 12.8. The van der Waals surface area contributed by atoms with Crippen molar-refractivity contribution in [2.24, 2.45) is 0 Å². The molecule has 0 bridgehead atoms. The molecule has 0 N–H and O–H groups in total. The molecule has 1 aromatic heterocycles. The van der Waals surface area contributed by atoms with Gasteiger partial charge in [-0.25, -0.2) is 4.79 Å². The van der Waals surface area contributed by atoms with E-state index in [-0.39, 0.29) is 5.63 Å². The molecule has 0 spiro atoms. The quantitative estimate of drug-likeness (QED) is 0.107. The summed E-state index contributed by atoms with van der Waals surface area (Å²) in [4.78, 5) is 17.8. The van der Waals surface area contributed by atoms with Crippen molar-refractivity contribution in [3.63, 3.8) is 0 Å². The Hall–Kier alpha value is -2.57. The van der Waals surface area contributed by atoms with Crippen molar-refractivity contribution in [1.29, 1.82) is 0 Å². The first-order valence-electron chi connectivity index (χ1n) is 14.3. The summed E-state index contributed by atoms with van der Waals surface area (Å²) in [5, 5.41) is 2.32. The van der Waals surface area contributed by atoms with E-state index in [0.717, 1.165) is 68.6 Å². The second kappa shape index (κ2) is 15.6. The maximum Gasteiger partial charge on any atom is 0.344 e. The second-order valence-electron chi connectivity index (χ2n) is 9.84. The minimum absolute atomic E-state index is 0.350. The van der Waals surface area contributed by atoms with Crippen LogP contribution in [0.25, 0.3) is 21.7 Å². The average Bonchev–Trinajstić information content (AvgIpc) is 2.89. The summed E-state index contributed by atoms with van der Waals surface area (Å²) in [5.41, 5.74) is 0.200. The molecule has 0 saturated heterocycles. The van der Waals surface area contributed by atoms with Crippen LogP contribution < -0.4 is 15.1 Å². The fourth-order valence-corrected chi connectivity index (χ4v) is 4.96. The number of fused-ring (bicyclic) bond motifs is 3. The van der Waals surface area contributed by atoms with Gasteiger partial charge < -0.3 is 23.7 Å². The van der Waals surface area contributed by atoms with Crippen LogP contribution >= 0.6 is 0 Å². The first-order chi connectivity index (χ1) is 18.1. The third kappa shape index (κ3) is 8.75. The predicted octanol–water partition coefficient (Wildman–Crippen LogP) is 6.73. The Balaban J connectivity index is 1.61. The molecule has 2 aromatic carbocycles. The molecule has 0 radical (unpaired) electrons. The van der Waals surface area contributed by atoms with Gasteiger partial charge in [-0.1, -0.05) is 27.7 Å². The van der Waals surface area contributed by atoms with E-state index in [2.05, 4.69) is 37.5 Å². The Morgan fingerprint density at radius 3 is 1.62 bits per heavy atom. The normalized spacial score (nSPS) is 11.7. The number of hydrogen-bond donors (Lipinski definition) is 0. The lowest BCUT2D eigenvalue weighted by atomic mass is 10.1. The van der Waals surface area contributed by atoms with Crippen molar-refractivity contribution in [2.75, 3.05) is 52.5 Å². The molecule has 0 saturated carbocycles. The van der Waals surface area contributed by atoms with Gasteiger partial charge in [0.05, 0.1) is 18.6 Å². The molecule has 3 rings (SSSR count). The third-order valence-electron chi connectivity index (χ3n) is 6.59. The molecule has 0 fully saturated rings. The van der Waals surface area contributed by atoms with Crippen molar-refractivity contribution in [1.82, 2.24) is 9.80 Å². The maximum atomic E-state index is 12.8. The molecule has 0 unspecified atom stereocenters. The van der Waals surface area contributed by atoms with E-state index in [9.17, 15) is 4.79 Å². The van der Waals surface area contributed by atoms with Crippen LogP contribution in [0.1, 0.15) is 66.2 Å². The van der Waals surface area contributed by atoms with E-state index in [0.29, 0.717) is 29.9 Å². The van der Waals surface area contributed by atoms with Crippen molar-refractivity contribution in [3.8, 4) is 11.5 Å². The SMILES string of the molecule is CCCN(CCC)CCCOc1ccc2c(c1)oc(=O)c1cc(OCCCN(CCC)CCC)ccc12. The molecule has 1 heterocycles. The summed E-state index contributed by atoms with van der Waals surface area (Å²) in [7, 11) is 0. The zero-order valence-electron chi connectivity index (χ0n) is 23.4. The highest BCUT2D eigenvalue weighted by Crippen LogP contribution is 2.28. The smallest absolute Gasteiger partial charge is 0.344 e. The first kappa shape index (κ1) is 29.0. The van der Waals surface area contributed by atoms with E-state index >= 15 is 0 Å². The highest BCUT2D eigenvalue weighted by Gasteiger charge is 2.11. The van der Waals surface area contributed by atoms with Gasteiger partial charge in [-0.15, -0.1) is 0 Å². The molecular formula is C31H46N2O4. The highest BCUT2D eigenvalue weighted by molar-refractivity contribution is 6.04. The summed E-state index contributed by atoms with van der Waals surface area (Å²) >= 11 is 0. The average molecular weight is 511 g/mol. The van der Waals surface area contributed by atoms with Crippen LogP contribution in [0.2, 0.25) is 0 Å². The molecule has 6 heteroatoms. The molecule has 0 amide bonds. The largest absolute Gasteiger partial charge is 0.494 e. The molecule has 3 aromatic rings. The van der Waals surface area contributed by atoms with Crippen LogP contribution in [0, 0.1) is 0 Å². The predicted molar refractivity (Wildman–Crippen MR) is 154 cm³/mol. The summed E-state index contributed by atoms with van der Waals surface area (Å²) in [6.45, 7) is 16.7. The summed E-state index contributed by atoms with van der Waals surface area (Å²) in [5.74, 6) is 1.43. The summed E-state index contributed by atoms with van der Waals surface area (Å²) < 4.78 is 17.6. The molecule has 0 atom stereocenters. The van der Waals surface area contributed by atoms with E-state index in [1.54, 1.807) is 6.07 Å².